The highest BCUT2D eigenvalue weighted by Crippen LogP contribution is 2.17. The van der Waals surface area contributed by atoms with Gasteiger partial charge in [-0.15, -0.1) is 0 Å². The molecular weight excluding hydrogens is 803 g/mol. The molecule has 0 bridgehead atoms. The van der Waals surface area contributed by atoms with E-state index in [9.17, 15) is 19.8 Å². The van der Waals surface area contributed by atoms with Gasteiger partial charge in [-0.25, -0.2) is 0 Å². The minimum Gasteiger partial charge on any atom is -0.466 e. The number of aliphatic hydroxyl groups is 2. The molecule has 0 rings (SSSR count). The Morgan fingerprint density at radius 2 is 0.708 bits per heavy atom. The maximum Gasteiger partial charge on any atom is 0.305 e. The van der Waals surface area contributed by atoms with Crippen LogP contribution in [0.2, 0.25) is 0 Å². The number of carbonyl (C=O) groups is 2. The first-order valence-corrected chi connectivity index (χ1v) is 29.5. The summed E-state index contributed by atoms with van der Waals surface area (Å²) in [5.41, 5.74) is 0. The molecule has 65 heavy (non-hydrogen) atoms. The Morgan fingerprint density at radius 3 is 1.05 bits per heavy atom. The van der Waals surface area contributed by atoms with Gasteiger partial charge >= 0.3 is 5.97 Å². The predicted molar refractivity (Wildman–Crippen MR) is 283 cm³/mol. The highest BCUT2D eigenvalue weighted by atomic mass is 16.5. The third kappa shape index (κ3) is 51.8. The van der Waals surface area contributed by atoms with Gasteiger partial charge in [0.15, 0.2) is 0 Å². The van der Waals surface area contributed by atoms with Crippen LogP contribution >= 0.6 is 0 Å². The lowest BCUT2D eigenvalue weighted by Gasteiger charge is -2.20. The predicted octanol–water partition coefficient (Wildman–Crippen LogP) is 18.1. The van der Waals surface area contributed by atoms with Crippen LogP contribution in [0.3, 0.4) is 0 Å². The number of hydrogen-bond donors (Lipinski definition) is 3. The Labute approximate surface area is 406 Å². The average molecular weight is 919 g/mol. The van der Waals surface area contributed by atoms with Crippen molar-refractivity contribution in [3.8, 4) is 0 Å². The molecule has 6 nitrogen and oxygen atoms in total. The number of rotatable bonds is 55. The number of amides is 1. The maximum absolute atomic E-state index is 12.5. The van der Waals surface area contributed by atoms with E-state index >= 15 is 0 Å². The molecule has 2 atom stereocenters. The van der Waals surface area contributed by atoms with E-state index in [1.54, 1.807) is 6.08 Å². The highest BCUT2D eigenvalue weighted by Gasteiger charge is 2.18. The summed E-state index contributed by atoms with van der Waals surface area (Å²) in [5.74, 6) is -0.0594. The third-order valence-electron chi connectivity index (χ3n) is 13.8. The molecule has 0 radical (unpaired) electrons. The van der Waals surface area contributed by atoms with E-state index in [0.29, 0.717) is 19.4 Å². The molecule has 386 valence electrons. The van der Waals surface area contributed by atoms with Crippen molar-refractivity contribution in [1.29, 1.82) is 0 Å². The SMILES string of the molecule is CCCCCCCCCCCCCCCCCC/C=C/C(O)C(CO)NC(=O)CCCCCCCCCCCCCCCCCCCCCOC(=O)CCCCCCCCCCCCC. The van der Waals surface area contributed by atoms with Gasteiger partial charge in [0.2, 0.25) is 5.91 Å². The second kappa shape index (κ2) is 55.2. The molecule has 0 aromatic heterocycles. The van der Waals surface area contributed by atoms with Crippen LogP contribution in [0.1, 0.15) is 328 Å². The molecule has 0 aromatic rings. The van der Waals surface area contributed by atoms with Crippen LogP contribution in [0.15, 0.2) is 12.2 Å². The van der Waals surface area contributed by atoms with E-state index < -0.39 is 12.1 Å². The zero-order chi connectivity index (χ0) is 47.2. The molecule has 1 amide bonds. The van der Waals surface area contributed by atoms with Gasteiger partial charge in [-0.3, -0.25) is 9.59 Å². The van der Waals surface area contributed by atoms with Crippen LogP contribution in [0.5, 0.6) is 0 Å². The fourth-order valence-corrected chi connectivity index (χ4v) is 9.28. The summed E-state index contributed by atoms with van der Waals surface area (Å²) in [7, 11) is 0. The van der Waals surface area contributed by atoms with Crippen molar-refractivity contribution in [2.24, 2.45) is 0 Å². The van der Waals surface area contributed by atoms with E-state index in [2.05, 4.69) is 19.2 Å². The molecule has 0 aliphatic heterocycles. The van der Waals surface area contributed by atoms with Gasteiger partial charge in [0.05, 0.1) is 25.4 Å². The van der Waals surface area contributed by atoms with Crippen molar-refractivity contribution in [3.63, 3.8) is 0 Å². The van der Waals surface area contributed by atoms with Crippen molar-refractivity contribution >= 4 is 11.9 Å². The number of unbranched alkanes of at least 4 members (excludes halogenated alkanes) is 44. The van der Waals surface area contributed by atoms with Crippen molar-refractivity contribution in [1.82, 2.24) is 5.32 Å². The summed E-state index contributed by atoms with van der Waals surface area (Å²) >= 11 is 0. The zero-order valence-corrected chi connectivity index (χ0v) is 44.0. The van der Waals surface area contributed by atoms with Gasteiger partial charge in [-0.05, 0) is 32.1 Å². The van der Waals surface area contributed by atoms with E-state index in [1.165, 1.54) is 263 Å². The molecule has 0 aliphatic carbocycles. The van der Waals surface area contributed by atoms with Crippen LogP contribution in [0.4, 0.5) is 0 Å². The number of carbonyl (C=O) groups excluding carboxylic acids is 2. The van der Waals surface area contributed by atoms with E-state index in [4.69, 9.17) is 4.74 Å². The Kier molecular flexibility index (Phi) is 54.0. The van der Waals surface area contributed by atoms with Gasteiger partial charge < -0.3 is 20.3 Å². The van der Waals surface area contributed by atoms with Gasteiger partial charge in [-0.1, -0.05) is 296 Å². The fraction of sp³-hybridized carbons (Fsp3) is 0.932. The van der Waals surface area contributed by atoms with Crippen molar-refractivity contribution < 1.29 is 24.5 Å². The molecule has 0 aliphatic rings. The first-order chi connectivity index (χ1) is 32.0. The Hall–Kier alpha value is -1.40. The summed E-state index contributed by atoms with van der Waals surface area (Å²) < 4.78 is 5.46. The molecule has 0 fully saturated rings. The smallest absolute Gasteiger partial charge is 0.305 e. The topological polar surface area (TPSA) is 95.9 Å². The highest BCUT2D eigenvalue weighted by molar-refractivity contribution is 5.76. The van der Waals surface area contributed by atoms with E-state index in [-0.39, 0.29) is 18.5 Å². The summed E-state index contributed by atoms with van der Waals surface area (Å²) in [4.78, 5) is 24.5. The maximum atomic E-state index is 12.5. The van der Waals surface area contributed by atoms with Crippen LogP contribution in [0, 0.1) is 0 Å². The largest absolute Gasteiger partial charge is 0.466 e. The molecule has 3 N–H and O–H groups in total. The molecule has 0 saturated carbocycles. The molecule has 6 heteroatoms. The second-order valence-electron chi connectivity index (χ2n) is 20.3. The van der Waals surface area contributed by atoms with E-state index in [1.807, 2.05) is 6.08 Å². The minimum absolute atomic E-state index is 0.00853. The van der Waals surface area contributed by atoms with Crippen LogP contribution < -0.4 is 5.32 Å². The lowest BCUT2D eigenvalue weighted by molar-refractivity contribution is -0.143. The summed E-state index contributed by atoms with van der Waals surface area (Å²) in [6, 6.07) is -0.629. The fourth-order valence-electron chi connectivity index (χ4n) is 9.28. The molecule has 0 saturated heterocycles. The molecule has 0 heterocycles. The summed E-state index contributed by atoms with van der Waals surface area (Å²) in [5, 5.41) is 23.2. The molecule has 0 spiro atoms. The number of esters is 1. The van der Waals surface area contributed by atoms with Crippen molar-refractivity contribution in [2.45, 2.75) is 341 Å². The van der Waals surface area contributed by atoms with Crippen LogP contribution in [-0.2, 0) is 14.3 Å². The first-order valence-electron chi connectivity index (χ1n) is 29.5. The van der Waals surface area contributed by atoms with Crippen LogP contribution in [0.25, 0.3) is 0 Å². The van der Waals surface area contributed by atoms with Gasteiger partial charge in [0, 0.05) is 12.8 Å². The summed E-state index contributed by atoms with van der Waals surface area (Å²) in [6.45, 7) is 4.92. The Morgan fingerprint density at radius 1 is 0.415 bits per heavy atom. The van der Waals surface area contributed by atoms with Crippen LogP contribution in [-0.4, -0.2) is 47.4 Å². The van der Waals surface area contributed by atoms with Crippen molar-refractivity contribution in [2.75, 3.05) is 13.2 Å². The number of hydrogen-bond acceptors (Lipinski definition) is 5. The first kappa shape index (κ1) is 63.6. The van der Waals surface area contributed by atoms with Crippen molar-refractivity contribution in [3.05, 3.63) is 12.2 Å². The standard InChI is InChI=1S/C59H115NO5/c1-3-5-7-9-11-13-15-16-17-18-22-25-28-32-35-39-43-47-51-57(62)56(55-61)60-58(63)52-48-44-40-36-33-29-26-23-20-19-21-24-27-30-34-38-42-46-50-54-65-59(64)53-49-45-41-37-31-14-12-10-8-6-4-2/h47,51,56-57,61-62H,3-46,48-50,52-55H2,1-2H3,(H,60,63)/b51-47+. The minimum atomic E-state index is -0.846. The third-order valence-corrected chi connectivity index (χ3v) is 13.8. The normalized spacial score (nSPS) is 12.6. The Bertz CT molecular complexity index is 970. The number of allylic oxidation sites excluding steroid dienone is 1. The monoisotopic (exact) mass is 918 g/mol. The lowest BCUT2D eigenvalue weighted by atomic mass is 10.0. The van der Waals surface area contributed by atoms with Gasteiger partial charge in [-0.2, -0.15) is 0 Å². The Balaban J connectivity index is 3.43. The number of aliphatic hydroxyl groups excluding tert-OH is 2. The van der Waals surface area contributed by atoms with E-state index in [0.717, 1.165) is 38.5 Å². The summed E-state index contributed by atoms with van der Waals surface area (Å²) in [6.07, 6.45) is 65.2. The zero-order valence-electron chi connectivity index (χ0n) is 44.0. The number of nitrogens with one attached hydrogen (secondary N) is 1. The molecular formula is C59H115NO5. The van der Waals surface area contributed by atoms with Gasteiger partial charge in [0.1, 0.15) is 0 Å². The average Bonchev–Trinajstić information content (AvgIpc) is 3.31. The number of ether oxygens (including phenoxy) is 1. The molecule has 0 aromatic carbocycles. The lowest BCUT2D eigenvalue weighted by Crippen LogP contribution is -2.45. The quantitative estimate of drug-likeness (QED) is 0.0321. The second-order valence-corrected chi connectivity index (χ2v) is 20.3. The van der Waals surface area contributed by atoms with Gasteiger partial charge in [0.25, 0.3) is 0 Å². The molecule has 2 unspecified atom stereocenters.